The van der Waals surface area contributed by atoms with Gasteiger partial charge in [0, 0.05) is 57.7 Å². The third-order valence-electron chi connectivity index (χ3n) is 4.58. The molecule has 0 aliphatic carbocycles. The van der Waals surface area contributed by atoms with Crippen LogP contribution in [0.15, 0.2) is 12.1 Å². The first-order chi connectivity index (χ1) is 10.8. The standard InChI is InChI=1S/C17H27N3O2/c1-14-3-4-16-12-19(11-15-5-9-22-13-15)6-7-20(8-10-21-2)17(16)18-14/h3-4,15H,5-13H2,1-2H3. The molecule has 122 valence electrons. The van der Waals surface area contributed by atoms with Crippen LogP contribution in [0.3, 0.4) is 0 Å². The quantitative estimate of drug-likeness (QED) is 0.828. The van der Waals surface area contributed by atoms with Crippen LogP contribution in [0.4, 0.5) is 5.82 Å². The monoisotopic (exact) mass is 305 g/mol. The summed E-state index contributed by atoms with van der Waals surface area (Å²) in [6, 6.07) is 4.36. The fourth-order valence-electron chi connectivity index (χ4n) is 3.32. The number of aryl methyl sites for hydroxylation is 1. The van der Waals surface area contributed by atoms with Crippen LogP contribution in [0.2, 0.25) is 0 Å². The summed E-state index contributed by atoms with van der Waals surface area (Å²) in [5.41, 5.74) is 2.41. The van der Waals surface area contributed by atoms with Crippen molar-refractivity contribution in [2.75, 3.05) is 58.0 Å². The van der Waals surface area contributed by atoms with E-state index in [1.54, 1.807) is 7.11 Å². The van der Waals surface area contributed by atoms with Gasteiger partial charge in [-0.15, -0.1) is 0 Å². The lowest BCUT2D eigenvalue weighted by Gasteiger charge is -2.24. The lowest BCUT2D eigenvalue weighted by atomic mass is 10.1. The normalized spacial score (nSPS) is 22.6. The minimum atomic E-state index is 0.687. The molecule has 0 aromatic carbocycles. The van der Waals surface area contributed by atoms with Gasteiger partial charge in [0.25, 0.3) is 0 Å². The molecule has 3 rings (SSSR count). The second-order valence-corrected chi connectivity index (χ2v) is 6.38. The van der Waals surface area contributed by atoms with E-state index in [9.17, 15) is 0 Å². The Morgan fingerprint density at radius 3 is 3.05 bits per heavy atom. The Morgan fingerprint density at radius 2 is 2.27 bits per heavy atom. The highest BCUT2D eigenvalue weighted by atomic mass is 16.5. The van der Waals surface area contributed by atoms with Gasteiger partial charge in [-0.25, -0.2) is 4.98 Å². The lowest BCUT2D eigenvalue weighted by Crippen LogP contribution is -2.36. The van der Waals surface area contributed by atoms with Gasteiger partial charge < -0.3 is 14.4 Å². The topological polar surface area (TPSA) is 37.8 Å². The molecular formula is C17H27N3O2. The van der Waals surface area contributed by atoms with Gasteiger partial charge in [0.2, 0.25) is 0 Å². The first-order valence-corrected chi connectivity index (χ1v) is 8.27. The minimum absolute atomic E-state index is 0.687. The van der Waals surface area contributed by atoms with E-state index in [1.165, 1.54) is 12.0 Å². The van der Waals surface area contributed by atoms with Crippen LogP contribution in [0.25, 0.3) is 0 Å². The summed E-state index contributed by atoms with van der Waals surface area (Å²) in [4.78, 5) is 9.72. The average molecular weight is 305 g/mol. The van der Waals surface area contributed by atoms with E-state index in [0.29, 0.717) is 5.92 Å². The number of ether oxygens (including phenoxy) is 2. The SMILES string of the molecule is COCCN1CCN(CC2CCOC2)Cc2ccc(C)nc21. The summed E-state index contributed by atoms with van der Waals surface area (Å²) in [6.07, 6.45) is 1.20. The zero-order chi connectivity index (χ0) is 15.4. The van der Waals surface area contributed by atoms with Crippen molar-refractivity contribution >= 4 is 5.82 Å². The number of hydrogen-bond acceptors (Lipinski definition) is 5. The van der Waals surface area contributed by atoms with Crippen molar-refractivity contribution in [1.29, 1.82) is 0 Å². The van der Waals surface area contributed by atoms with Gasteiger partial charge >= 0.3 is 0 Å². The molecule has 1 fully saturated rings. The van der Waals surface area contributed by atoms with Crippen LogP contribution in [0, 0.1) is 12.8 Å². The predicted octanol–water partition coefficient (Wildman–Crippen LogP) is 1.69. The van der Waals surface area contributed by atoms with Gasteiger partial charge in [0.15, 0.2) is 0 Å². The molecule has 3 heterocycles. The minimum Gasteiger partial charge on any atom is -0.383 e. The molecule has 0 amide bonds. The van der Waals surface area contributed by atoms with Crippen LogP contribution < -0.4 is 4.90 Å². The average Bonchev–Trinajstić information content (AvgIpc) is 2.96. The molecule has 5 heteroatoms. The number of methoxy groups -OCH3 is 1. The van der Waals surface area contributed by atoms with E-state index in [4.69, 9.17) is 14.5 Å². The zero-order valence-corrected chi connectivity index (χ0v) is 13.8. The number of rotatable bonds is 5. The van der Waals surface area contributed by atoms with Gasteiger partial charge in [-0.1, -0.05) is 6.07 Å². The van der Waals surface area contributed by atoms with Crippen molar-refractivity contribution in [3.63, 3.8) is 0 Å². The maximum atomic E-state index is 5.52. The van der Waals surface area contributed by atoms with Gasteiger partial charge in [-0.2, -0.15) is 0 Å². The third-order valence-corrected chi connectivity index (χ3v) is 4.58. The molecule has 0 N–H and O–H groups in total. The van der Waals surface area contributed by atoms with Crippen molar-refractivity contribution in [1.82, 2.24) is 9.88 Å². The highest BCUT2D eigenvalue weighted by Gasteiger charge is 2.24. The van der Waals surface area contributed by atoms with Crippen LogP contribution in [0.1, 0.15) is 17.7 Å². The summed E-state index contributed by atoms with van der Waals surface area (Å²) in [7, 11) is 1.76. The molecule has 1 saturated heterocycles. The van der Waals surface area contributed by atoms with E-state index < -0.39 is 0 Å². The van der Waals surface area contributed by atoms with Crippen LogP contribution in [-0.4, -0.2) is 63.0 Å². The van der Waals surface area contributed by atoms with Crippen LogP contribution in [0.5, 0.6) is 0 Å². The molecule has 1 aromatic heterocycles. The summed E-state index contributed by atoms with van der Waals surface area (Å²) in [5.74, 6) is 1.83. The van der Waals surface area contributed by atoms with Crippen molar-refractivity contribution in [2.45, 2.75) is 19.9 Å². The number of anilines is 1. The maximum absolute atomic E-state index is 5.52. The van der Waals surface area contributed by atoms with Gasteiger partial charge in [0.1, 0.15) is 5.82 Å². The van der Waals surface area contributed by atoms with Crippen molar-refractivity contribution < 1.29 is 9.47 Å². The molecule has 1 unspecified atom stereocenters. The Balaban J connectivity index is 1.74. The largest absolute Gasteiger partial charge is 0.383 e. The van der Waals surface area contributed by atoms with E-state index >= 15 is 0 Å². The Labute approximate surface area is 133 Å². The number of hydrogen-bond donors (Lipinski definition) is 0. The highest BCUT2D eigenvalue weighted by molar-refractivity contribution is 5.48. The molecular weight excluding hydrogens is 278 g/mol. The fourth-order valence-corrected chi connectivity index (χ4v) is 3.32. The van der Waals surface area contributed by atoms with Crippen LogP contribution >= 0.6 is 0 Å². The lowest BCUT2D eigenvalue weighted by molar-refractivity contribution is 0.166. The number of fused-ring (bicyclic) bond motifs is 1. The van der Waals surface area contributed by atoms with Crippen molar-refractivity contribution in [3.8, 4) is 0 Å². The Hall–Kier alpha value is -1.17. The highest BCUT2D eigenvalue weighted by Crippen LogP contribution is 2.25. The molecule has 5 nitrogen and oxygen atoms in total. The second kappa shape index (κ2) is 7.40. The molecule has 22 heavy (non-hydrogen) atoms. The molecule has 2 aliphatic heterocycles. The molecule has 0 spiro atoms. The van der Waals surface area contributed by atoms with E-state index in [2.05, 4.69) is 28.9 Å². The van der Waals surface area contributed by atoms with Gasteiger partial charge in [0.05, 0.1) is 13.2 Å². The summed E-state index contributed by atoms with van der Waals surface area (Å²) < 4.78 is 10.8. The number of aromatic nitrogens is 1. The van der Waals surface area contributed by atoms with E-state index in [0.717, 1.165) is 64.1 Å². The molecule has 1 aromatic rings. The Bertz CT molecular complexity index is 489. The van der Waals surface area contributed by atoms with Crippen molar-refractivity contribution in [3.05, 3.63) is 23.4 Å². The van der Waals surface area contributed by atoms with Crippen molar-refractivity contribution in [2.24, 2.45) is 5.92 Å². The van der Waals surface area contributed by atoms with E-state index in [-0.39, 0.29) is 0 Å². The van der Waals surface area contributed by atoms with E-state index in [1.807, 2.05) is 0 Å². The molecule has 0 saturated carbocycles. The third kappa shape index (κ3) is 3.77. The Kier molecular flexibility index (Phi) is 5.28. The van der Waals surface area contributed by atoms with Gasteiger partial charge in [-0.3, -0.25) is 4.90 Å². The maximum Gasteiger partial charge on any atom is 0.133 e. The first-order valence-electron chi connectivity index (χ1n) is 8.27. The second-order valence-electron chi connectivity index (χ2n) is 6.38. The molecule has 1 atom stereocenters. The smallest absolute Gasteiger partial charge is 0.133 e. The number of nitrogens with zero attached hydrogens (tertiary/aromatic N) is 3. The summed E-state index contributed by atoms with van der Waals surface area (Å²) >= 11 is 0. The number of pyridine rings is 1. The fraction of sp³-hybridized carbons (Fsp3) is 0.706. The summed E-state index contributed by atoms with van der Waals surface area (Å²) in [5, 5.41) is 0. The molecule has 0 bridgehead atoms. The summed E-state index contributed by atoms with van der Waals surface area (Å²) in [6.45, 7) is 9.77. The predicted molar refractivity (Wildman–Crippen MR) is 87.3 cm³/mol. The first kappa shape index (κ1) is 15.7. The molecule has 2 aliphatic rings. The van der Waals surface area contributed by atoms with Crippen LogP contribution in [-0.2, 0) is 16.0 Å². The molecule has 0 radical (unpaired) electrons. The zero-order valence-electron chi connectivity index (χ0n) is 13.8. The van der Waals surface area contributed by atoms with Gasteiger partial charge in [-0.05, 0) is 25.3 Å². The Morgan fingerprint density at radius 1 is 1.36 bits per heavy atom.